The maximum Gasteiger partial charge on any atom is 0.242 e. The van der Waals surface area contributed by atoms with Gasteiger partial charge in [-0.05, 0) is 43.0 Å². The average Bonchev–Trinajstić information content (AvgIpc) is 2.46. The van der Waals surface area contributed by atoms with Gasteiger partial charge in [-0.25, -0.2) is 4.98 Å². The Labute approximate surface area is 131 Å². The molecule has 0 spiro atoms. The number of nitrogens with two attached hydrogens (primary N) is 1. The molecular formula is C16H20ClN3O. The van der Waals surface area contributed by atoms with E-state index in [1.54, 1.807) is 13.1 Å². The number of rotatable bonds is 5. The Morgan fingerprint density at radius 2 is 1.86 bits per heavy atom. The molecule has 2 rings (SSSR count). The number of carbonyl (C=O) groups is 1. The Hall–Kier alpha value is -1.91. The molecule has 1 heterocycles. The Kier molecular flexibility index (Phi) is 6.85. The molecule has 0 radical (unpaired) electrons. The van der Waals surface area contributed by atoms with E-state index in [1.165, 1.54) is 5.56 Å². The molecule has 1 aromatic heterocycles. The number of nitrogens with zero attached hydrogens (tertiary/aromatic N) is 1. The fourth-order valence-corrected chi connectivity index (χ4v) is 1.87. The number of amides is 1. The van der Waals surface area contributed by atoms with Crippen LogP contribution in [0.3, 0.4) is 0 Å². The molecule has 0 fully saturated rings. The second-order valence-electron chi connectivity index (χ2n) is 4.81. The van der Waals surface area contributed by atoms with E-state index >= 15 is 0 Å². The minimum absolute atomic E-state index is 0. The van der Waals surface area contributed by atoms with Crippen molar-refractivity contribution >= 4 is 24.1 Å². The molecule has 0 aliphatic rings. The van der Waals surface area contributed by atoms with Crippen LogP contribution < -0.4 is 11.1 Å². The lowest BCUT2D eigenvalue weighted by Gasteiger charge is -2.08. The van der Waals surface area contributed by atoms with E-state index in [4.69, 9.17) is 5.73 Å². The third-order valence-electron chi connectivity index (χ3n) is 3.03. The highest BCUT2D eigenvalue weighted by molar-refractivity contribution is 5.93. The fraction of sp³-hybridized carbons (Fsp3) is 0.250. The van der Waals surface area contributed by atoms with Crippen LogP contribution in [0.1, 0.15) is 18.1 Å². The van der Waals surface area contributed by atoms with Gasteiger partial charge in [0.25, 0.3) is 0 Å². The predicted octanol–water partition coefficient (Wildman–Crippen LogP) is 2.57. The van der Waals surface area contributed by atoms with E-state index in [9.17, 15) is 4.79 Å². The van der Waals surface area contributed by atoms with Crippen LogP contribution in [-0.2, 0) is 17.6 Å². The summed E-state index contributed by atoms with van der Waals surface area (Å²) in [5.41, 5.74) is 7.96. The summed E-state index contributed by atoms with van der Waals surface area (Å²) in [4.78, 5) is 15.7. The largest absolute Gasteiger partial charge is 0.320 e. The van der Waals surface area contributed by atoms with Gasteiger partial charge in [-0.3, -0.25) is 4.79 Å². The normalized spacial score (nSPS) is 11.3. The molecule has 0 bridgehead atoms. The lowest BCUT2D eigenvalue weighted by molar-refractivity contribution is -0.117. The first-order valence-corrected chi connectivity index (χ1v) is 6.70. The van der Waals surface area contributed by atoms with E-state index in [1.807, 2.05) is 30.3 Å². The minimum Gasteiger partial charge on any atom is -0.320 e. The summed E-state index contributed by atoms with van der Waals surface area (Å²) in [7, 11) is 0. The number of carbonyl (C=O) groups excluding carboxylic acids is 1. The van der Waals surface area contributed by atoms with Crippen LogP contribution in [0.4, 0.5) is 5.82 Å². The molecule has 1 aromatic carbocycles. The molecule has 5 heteroatoms. The Morgan fingerprint density at radius 3 is 2.52 bits per heavy atom. The van der Waals surface area contributed by atoms with Crippen LogP contribution in [0.25, 0.3) is 0 Å². The number of anilines is 1. The van der Waals surface area contributed by atoms with Gasteiger partial charge in [0.05, 0.1) is 6.04 Å². The number of aryl methyl sites for hydroxylation is 2. The zero-order valence-corrected chi connectivity index (χ0v) is 12.8. The lowest BCUT2D eigenvalue weighted by Crippen LogP contribution is -2.32. The standard InChI is InChI=1S/C16H19N3O.ClH/c1-12(17)16(20)19-15-11-14(9-10-18-15)8-7-13-5-3-2-4-6-13;/h2-6,9-12H,7-8,17H2,1H3,(H,18,19,20);1H. The summed E-state index contributed by atoms with van der Waals surface area (Å²) in [6, 6.07) is 13.6. The van der Waals surface area contributed by atoms with Gasteiger partial charge < -0.3 is 11.1 Å². The highest BCUT2D eigenvalue weighted by atomic mass is 35.5. The number of hydrogen-bond acceptors (Lipinski definition) is 3. The van der Waals surface area contributed by atoms with Crippen molar-refractivity contribution in [3.63, 3.8) is 0 Å². The smallest absolute Gasteiger partial charge is 0.242 e. The van der Waals surface area contributed by atoms with Crippen molar-refractivity contribution in [1.82, 2.24) is 4.98 Å². The van der Waals surface area contributed by atoms with Crippen molar-refractivity contribution < 1.29 is 4.79 Å². The maximum absolute atomic E-state index is 11.5. The van der Waals surface area contributed by atoms with Gasteiger partial charge >= 0.3 is 0 Å². The summed E-state index contributed by atoms with van der Waals surface area (Å²) in [6.45, 7) is 1.65. The van der Waals surface area contributed by atoms with Crippen molar-refractivity contribution in [2.75, 3.05) is 5.32 Å². The number of pyridine rings is 1. The summed E-state index contributed by atoms with van der Waals surface area (Å²) < 4.78 is 0. The van der Waals surface area contributed by atoms with E-state index in [0.717, 1.165) is 18.4 Å². The summed E-state index contributed by atoms with van der Waals surface area (Å²) in [6.07, 6.45) is 3.58. The molecule has 0 aliphatic heterocycles. The van der Waals surface area contributed by atoms with E-state index < -0.39 is 6.04 Å². The Bertz CT molecular complexity index is 573. The monoisotopic (exact) mass is 305 g/mol. The molecule has 3 N–H and O–H groups in total. The topological polar surface area (TPSA) is 68.0 Å². The van der Waals surface area contributed by atoms with Gasteiger partial charge in [-0.2, -0.15) is 0 Å². The van der Waals surface area contributed by atoms with Crippen LogP contribution >= 0.6 is 12.4 Å². The third kappa shape index (κ3) is 5.53. The zero-order chi connectivity index (χ0) is 14.4. The second kappa shape index (κ2) is 8.39. The quantitative estimate of drug-likeness (QED) is 0.892. The van der Waals surface area contributed by atoms with Gasteiger partial charge in [0.1, 0.15) is 5.82 Å². The minimum atomic E-state index is -0.537. The van der Waals surface area contributed by atoms with E-state index in [-0.39, 0.29) is 18.3 Å². The van der Waals surface area contributed by atoms with Crippen molar-refractivity contribution in [2.45, 2.75) is 25.8 Å². The molecule has 21 heavy (non-hydrogen) atoms. The molecule has 112 valence electrons. The predicted molar refractivity (Wildman–Crippen MR) is 87.6 cm³/mol. The van der Waals surface area contributed by atoms with Gasteiger partial charge in [-0.15, -0.1) is 12.4 Å². The van der Waals surface area contributed by atoms with Crippen LogP contribution in [0.2, 0.25) is 0 Å². The number of nitrogens with one attached hydrogen (secondary N) is 1. The SMILES string of the molecule is CC(N)C(=O)Nc1cc(CCc2ccccc2)ccn1.Cl. The van der Waals surface area contributed by atoms with E-state index in [0.29, 0.717) is 5.82 Å². The van der Waals surface area contributed by atoms with Crippen LogP contribution in [0, 0.1) is 0 Å². The molecule has 0 aliphatic carbocycles. The molecule has 1 unspecified atom stereocenters. The van der Waals surface area contributed by atoms with Crippen LogP contribution in [-0.4, -0.2) is 16.9 Å². The van der Waals surface area contributed by atoms with Crippen molar-refractivity contribution in [3.8, 4) is 0 Å². The highest BCUT2D eigenvalue weighted by Crippen LogP contribution is 2.11. The first-order valence-electron chi connectivity index (χ1n) is 6.70. The van der Waals surface area contributed by atoms with Gasteiger partial charge in [0.2, 0.25) is 5.91 Å². The summed E-state index contributed by atoms with van der Waals surface area (Å²) in [5, 5.41) is 2.70. The Balaban J connectivity index is 0.00000220. The summed E-state index contributed by atoms with van der Waals surface area (Å²) >= 11 is 0. The molecule has 4 nitrogen and oxygen atoms in total. The molecule has 0 saturated carbocycles. The van der Waals surface area contributed by atoms with Crippen molar-refractivity contribution in [1.29, 1.82) is 0 Å². The van der Waals surface area contributed by atoms with Crippen molar-refractivity contribution in [3.05, 3.63) is 59.8 Å². The Morgan fingerprint density at radius 1 is 1.19 bits per heavy atom. The third-order valence-corrected chi connectivity index (χ3v) is 3.03. The van der Waals surface area contributed by atoms with Crippen molar-refractivity contribution in [2.24, 2.45) is 5.73 Å². The number of benzene rings is 1. The van der Waals surface area contributed by atoms with Crippen LogP contribution in [0.5, 0.6) is 0 Å². The van der Waals surface area contributed by atoms with Gasteiger partial charge in [0.15, 0.2) is 0 Å². The van der Waals surface area contributed by atoms with Crippen LogP contribution in [0.15, 0.2) is 48.7 Å². The number of hydrogen-bond donors (Lipinski definition) is 2. The molecule has 2 aromatic rings. The number of aromatic nitrogens is 1. The van der Waals surface area contributed by atoms with Gasteiger partial charge in [0, 0.05) is 6.20 Å². The second-order valence-corrected chi connectivity index (χ2v) is 4.81. The maximum atomic E-state index is 11.5. The average molecular weight is 306 g/mol. The zero-order valence-electron chi connectivity index (χ0n) is 12.0. The fourth-order valence-electron chi connectivity index (χ4n) is 1.87. The molecule has 1 amide bonds. The lowest BCUT2D eigenvalue weighted by atomic mass is 10.1. The summed E-state index contributed by atoms with van der Waals surface area (Å²) in [5.74, 6) is 0.329. The first kappa shape index (κ1) is 17.1. The molecular weight excluding hydrogens is 286 g/mol. The van der Waals surface area contributed by atoms with Gasteiger partial charge in [-0.1, -0.05) is 30.3 Å². The number of halogens is 1. The first-order chi connectivity index (χ1) is 9.65. The highest BCUT2D eigenvalue weighted by Gasteiger charge is 2.08. The molecule has 1 atom stereocenters. The molecule has 0 saturated heterocycles. The van der Waals surface area contributed by atoms with E-state index in [2.05, 4.69) is 22.4 Å².